The predicted octanol–water partition coefficient (Wildman–Crippen LogP) is 2.50. The van der Waals surface area contributed by atoms with Gasteiger partial charge in [0.25, 0.3) is 0 Å². The zero-order valence-corrected chi connectivity index (χ0v) is 8.14. The number of nitrogens with zero attached hydrogens (tertiary/aromatic N) is 1. The Balaban J connectivity index is 2.40. The van der Waals surface area contributed by atoms with Crippen molar-refractivity contribution >= 4 is 6.85 Å². The first-order valence-corrected chi connectivity index (χ1v) is 5.01. The van der Waals surface area contributed by atoms with Gasteiger partial charge in [-0.05, 0) is 25.4 Å². The van der Waals surface area contributed by atoms with Crippen LogP contribution in [0.25, 0.3) is 0 Å². The van der Waals surface area contributed by atoms with Crippen molar-refractivity contribution in [2.24, 2.45) is 0 Å². The minimum Gasteiger partial charge on any atom is -0.340 e. The molecule has 0 radical (unpaired) electrons. The summed E-state index contributed by atoms with van der Waals surface area (Å²) in [6.07, 6.45) is 5.55. The van der Waals surface area contributed by atoms with Gasteiger partial charge in [-0.2, -0.15) is 0 Å². The predicted molar refractivity (Wildman–Crippen MR) is 52.1 cm³/mol. The Kier molecular flexibility index (Phi) is 3.44. The van der Waals surface area contributed by atoms with Gasteiger partial charge in [-0.1, -0.05) is 33.4 Å². The largest absolute Gasteiger partial charge is 0.340 e. The highest BCUT2D eigenvalue weighted by atomic mass is 15.1. The van der Waals surface area contributed by atoms with Crippen LogP contribution in [0, 0.1) is 0 Å². The molecule has 1 atom stereocenters. The summed E-state index contributed by atoms with van der Waals surface area (Å²) in [4.78, 5) is 2.66. The van der Waals surface area contributed by atoms with Gasteiger partial charge in [0.05, 0.1) is 0 Å². The van der Waals surface area contributed by atoms with Crippen molar-refractivity contribution < 1.29 is 0 Å². The molecule has 1 rings (SSSR count). The van der Waals surface area contributed by atoms with E-state index in [2.05, 4.69) is 25.5 Å². The quantitative estimate of drug-likeness (QED) is 0.551. The van der Waals surface area contributed by atoms with Crippen LogP contribution in [-0.4, -0.2) is 24.2 Å². The van der Waals surface area contributed by atoms with Crippen molar-refractivity contribution in [2.45, 2.75) is 52.3 Å². The van der Waals surface area contributed by atoms with Crippen molar-refractivity contribution in [1.29, 1.82) is 0 Å². The Hall–Kier alpha value is 0.0249. The molecule has 0 aromatic rings. The first kappa shape index (κ1) is 9.12. The van der Waals surface area contributed by atoms with E-state index in [1.54, 1.807) is 0 Å². The van der Waals surface area contributed by atoms with E-state index < -0.39 is 0 Å². The van der Waals surface area contributed by atoms with E-state index in [9.17, 15) is 0 Å². The molecule has 1 unspecified atom stereocenters. The summed E-state index contributed by atoms with van der Waals surface area (Å²) in [6, 6.07) is 0.797. The SMILES string of the molecule is CCC(C)N1CCCCB1C. The van der Waals surface area contributed by atoms with Crippen LogP contribution >= 0.6 is 0 Å². The first-order chi connectivity index (χ1) is 5.25. The van der Waals surface area contributed by atoms with E-state index in [-0.39, 0.29) is 0 Å². The van der Waals surface area contributed by atoms with Gasteiger partial charge in [0, 0.05) is 0 Å². The lowest BCUT2D eigenvalue weighted by molar-refractivity contribution is 0.312. The summed E-state index contributed by atoms with van der Waals surface area (Å²) in [6.45, 7) is 9.16. The van der Waals surface area contributed by atoms with Gasteiger partial charge in [-0.3, -0.25) is 0 Å². The molecule has 0 saturated carbocycles. The molecule has 0 aliphatic carbocycles. The molecule has 2 heteroatoms. The second kappa shape index (κ2) is 4.15. The Morgan fingerprint density at radius 1 is 1.45 bits per heavy atom. The van der Waals surface area contributed by atoms with Crippen LogP contribution in [0.1, 0.15) is 33.1 Å². The maximum atomic E-state index is 2.66. The minimum absolute atomic E-state index is 0.797. The van der Waals surface area contributed by atoms with Crippen LogP contribution in [0.3, 0.4) is 0 Å². The summed E-state index contributed by atoms with van der Waals surface area (Å²) in [7, 11) is 0. The summed E-state index contributed by atoms with van der Waals surface area (Å²) in [5.41, 5.74) is 0. The molecule has 1 saturated heterocycles. The van der Waals surface area contributed by atoms with Gasteiger partial charge < -0.3 is 4.81 Å². The molecule has 64 valence electrons. The summed E-state index contributed by atoms with van der Waals surface area (Å²) < 4.78 is 0. The molecule has 0 aromatic carbocycles. The molecule has 1 aliphatic heterocycles. The van der Waals surface area contributed by atoms with Gasteiger partial charge in [-0.25, -0.2) is 0 Å². The van der Waals surface area contributed by atoms with Gasteiger partial charge in [-0.15, -0.1) is 0 Å². The zero-order chi connectivity index (χ0) is 8.27. The molecule has 0 bridgehead atoms. The zero-order valence-electron chi connectivity index (χ0n) is 8.14. The Morgan fingerprint density at radius 3 is 2.73 bits per heavy atom. The first-order valence-electron chi connectivity index (χ1n) is 5.01. The third-order valence-electron chi connectivity index (χ3n) is 3.01. The standard InChI is InChI=1S/C9H20BN/c1-4-9(2)11-8-6-5-7-10(11)3/h9H,4-8H2,1-3H3. The van der Waals surface area contributed by atoms with E-state index in [0.29, 0.717) is 0 Å². The lowest BCUT2D eigenvalue weighted by Gasteiger charge is -2.36. The molecule has 1 aliphatic rings. The van der Waals surface area contributed by atoms with Crippen molar-refractivity contribution in [1.82, 2.24) is 4.81 Å². The fourth-order valence-corrected chi connectivity index (χ4v) is 2.01. The van der Waals surface area contributed by atoms with Gasteiger partial charge in [0.2, 0.25) is 6.85 Å². The molecule has 0 N–H and O–H groups in total. The average molecular weight is 153 g/mol. The maximum absolute atomic E-state index is 2.66. The smallest absolute Gasteiger partial charge is 0.220 e. The summed E-state index contributed by atoms with van der Waals surface area (Å²) in [5.74, 6) is 0. The van der Waals surface area contributed by atoms with E-state index in [4.69, 9.17) is 0 Å². The van der Waals surface area contributed by atoms with E-state index in [0.717, 1.165) is 12.9 Å². The Bertz CT molecular complexity index is 112. The molecule has 1 nitrogen and oxygen atoms in total. The molecule has 0 spiro atoms. The summed E-state index contributed by atoms with van der Waals surface area (Å²) >= 11 is 0. The van der Waals surface area contributed by atoms with Crippen molar-refractivity contribution in [3.8, 4) is 0 Å². The fraction of sp³-hybridized carbons (Fsp3) is 1.00. The summed E-state index contributed by atoms with van der Waals surface area (Å²) in [5, 5.41) is 0. The fourth-order valence-electron chi connectivity index (χ4n) is 2.01. The number of hydrogen-bond acceptors (Lipinski definition) is 1. The Labute approximate surface area is 71.3 Å². The van der Waals surface area contributed by atoms with E-state index >= 15 is 0 Å². The normalized spacial score (nSPS) is 23.7. The molecular weight excluding hydrogens is 133 g/mol. The monoisotopic (exact) mass is 153 g/mol. The average Bonchev–Trinajstić information content (AvgIpc) is 2.04. The van der Waals surface area contributed by atoms with Gasteiger partial charge in [0.15, 0.2) is 0 Å². The molecular formula is C9H20BN. The van der Waals surface area contributed by atoms with E-state index in [1.807, 2.05) is 0 Å². The number of rotatable bonds is 2. The second-order valence-corrected chi connectivity index (χ2v) is 3.84. The topological polar surface area (TPSA) is 3.24 Å². The highest BCUT2D eigenvalue weighted by Crippen LogP contribution is 2.18. The number of hydrogen-bond donors (Lipinski definition) is 0. The third-order valence-corrected chi connectivity index (χ3v) is 3.01. The third kappa shape index (κ3) is 2.23. The second-order valence-electron chi connectivity index (χ2n) is 3.84. The van der Waals surface area contributed by atoms with Crippen LogP contribution in [0.4, 0.5) is 0 Å². The molecule has 1 heterocycles. The lowest BCUT2D eigenvalue weighted by atomic mass is 9.56. The van der Waals surface area contributed by atoms with Crippen LogP contribution in [-0.2, 0) is 0 Å². The highest BCUT2D eigenvalue weighted by molar-refractivity contribution is 6.54. The van der Waals surface area contributed by atoms with Gasteiger partial charge >= 0.3 is 0 Å². The molecule has 11 heavy (non-hydrogen) atoms. The van der Waals surface area contributed by atoms with Crippen LogP contribution in [0.5, 0.6) is 0 Å². The Morgan fingerprint density at radius 2 is 2.18 bits per heavy atom. The van der Waals surface area contributed by atoms with Crippen LogP contribution in [0.2, 0.25) is 13.1 Å². The van der Waals surface area contributed by atoms with Gasteiger partial charge in [0.1, 0.15) is 0 Å². The van der Waals surface area contributed by atoms with Crippen LogP contribution < -0.4 is 0 Å². The lowest BCUT2D eigenvalue weighted by Crippen LogP contribution is -2.46. The molecule has 0 aromatic heterocycles. The van der Waals surface area contributed by atoms with Crippen molar-refractivity contribution in [3.63, 3.8) is 0 Å². The van der Waals surface area contributed by atoms with Crippen molar-refractivity contribution in [2.75, 3.05) is 6.54 Å². The highest BCUT2D eigenvalue weighted by Gasteiger charge is 2.24. The molecule has 1 fully saturated rings. The maximum Gasteiger partial charge on any atom is 0.220 e. The minimum atomic E-state index is 0.797. The van der Waals surface area contributed by atoms with E-state index in [1.165, 1.54) is 32.1 Å². The molecule has 0 amide bonds. The van der Waals surface area contributed by atoms with Crippen molar-refractivity contribution in [3.05, 3.63) is 0 Å². The van der Waals surface area contributed by atoms with Crippen LogP contribution in [0.15, 0.2) is 0 Å².